The lowest BCUT2D eigenvalue weighted by atomic mass is 10.1. The largest absolute Gasteiger partial charge is 0.295 e. The molecule has 0 spiro atoms. The van der Waals surface area contributed by atoms with Crippen molar-refractivity contribution >= 4 is 21.8 Å². The highest BCUT2D eigenvalue weighted by Gasteiger charge is 2.09. The van der Waals surface area contributed by atoms with Gasteiger partial charge in [0.2, 0.25) is 10.0 Å². The fourth-order valence-electron chi connectivity index (χ4n) is 1.95. The number of thioether (sulfide) groups is 1. The van der Waals surface area contributed by atoms with E-state index in [4.69, 9.17) is 0 Å². The van der Waals surface area contributed by atoms with Crippen LogP contribution < -0.4 is 4.72 Å². The predicted molar refractivity (Wildman–Crippen MR) is 86.6 cm³/mol. The van der Waals surface area contributed by atoms with Crippen molar-refractivity contribution in [2.75, 3.05) is 18.6 Å². The Morgan fingerprint density at radius 1 is 1.33 bits per heavy atom. The molecule has 7 heteroatoms. The number of hydrogen-bond donors (Lipinski definition) is 1. The van der Waals surface area contributed by atoms with Crippen LogP contribution in [-0.2, 0) is 10.0 Å². The van der Waals surface area contributed by atoms with Gasteiger partial charge in [0.15, 0.2) is 5.16 Å². The Labute approximate surface area is 129 Å². The predicted octanol–water partition coefficient (Wildman–Crippen LogP) is 2.13. The first kappa shape index (κ1) is 16.1. The minimum Gasteiger partial charge on any atom is -0.295 e. The first-order chi connectivity index (χ1) is 9.88. The quantitative estimate of drug-likeness (QED) is 0.653. The molecule has 1 N–H and O–H groups in total. The van der Waals surface area contributed by atoms with E-state index in [1.54, 1.807) is 6.20 Å². The van der Waals surface area contributed by atoms with Gasteiger partial charge in [-0.3, -0.25) is 4.57 Å². The van der Waals surface area contributed by atoms with Gasteiger partial charge < -0.3 is 0 Å². The lowest BCUT2D eigenvalue weighted by molar-refractivity contribution is 0.590. The summed E-state index contributed by atoms with van der Waals surface area (Å²) in [6.07, 6.45) is 4.84. The third kappa shape index (κ3) is 4.33. The van der Waals surface area contributed by atoms with Gasteiger partial charge in [-0.1, -0.05) is 23.9 Å². The number of rotatable bonds is 6. The van der Waals surface area contributed by atoms with E-state index in [2.05, 4.69) is 35.7 Å². The molecule has 1 aromatic carbocycles. The SMILES string of the molecule is Cc1cccc(-n2ccnc2SCCNS(C)(=O)=O)c1C. The lowest BCUT2D eigenvalue weighted by Gasteiger charge is -2.12. The fourth-order valence-corrected chi connectivity index (χ4v) is 3.37. The first-order valence-corrected chi connectivity index (χ1v) is 9.43. The normalized spacial score (nSPS) is 11.8. The maximum absolute atomic E-state index is 11.0. The zero-order valence-corrected chi connectivity index (χ0v) is 14.0. The van der Waals surface area contributed by atoms with Crippen LogP contribution in [0.4, 0.5) is 0 Å². The molecule has 2 aromatic rings. The Morgan fingerprint density at radius 3 is 2.81 bits per heavy atom. The highest BCUT2D eigenvalue weighted by Crippen LogP contribution is 2.23. The lowest BCUT2D eigenvalue weighted by Crippen LogP contribution is -2.24. The number of aryl methyl sites for hydroxylation is 1. The van der Waals surface area contributed by atoms with Crippen LogP contribution in [0, 0.1) is 13.8 Å². The Morgan fingerprint density at radius 2 is 2.10 bits per heavy atom. The van der Waals surface area contributed by atoms with Gasteiger partial charge in [-0.2, -0.15) is 0 Å². The van der Waals surface area contributed by atoms with Crippen molar-refractivity contribution in [2.24, 2.45) is 0 Å². The van der Waals surface area contributed by atoms with Crippen LogP contribution in [0.5, 0.6) is 0 Å². The zero-order chi connectivity index (χ0) is 15.5. The monoisotopic (exact) mass is 325 g/mol. The Hall–Kier alpha value is -1.31. The van der Waals surface area contributed by atoms with E-state index < -0.39 is 10.0 Å². The van der Waals surface area contributed by atoms with Gasteiger partial charge in [0.25, 0.3) is 0 Å². The van der Waals surface area contributed by atoms with Gasteiger partial charge in [-0.15, -0.1) is 0 Å². The van der Waals surface area contributed by atoms with Crippen LogP contribution in [0.1, 0.15) is 11.1 Å². The summed E-state index contributed by atoms with van der Waals surface area (Å²) in [7, 11) is -3.13. The van der Waals surface area contributed by atoms with Gasteiger partial charge >= 0.3 is 0 Å². The number of benzene rings is 1. The van der Waals surface area contributed by atoms with Crippen LogP contribution in [0.25, 0.3) is 5.69 Å². The van der Waals surface area contributed by atoms with E-state index in [1.807, 2.05) is 16.8 Å². The summed E-state index contributed by atoms with van der Waals surface area (Å²) < 4.78 is 26.6. The van der Waals surface area contributed by atoms with Gasteiger partial charge in [0.1, 0.15) is 0 Å². The fraction of sp³-hybridized carbons (Fsp3) is 0.357. The first-order valence-electron chi connectivity index (χ1n) is 6.56. The molecule has 2 rings (SSSR count). The minimum atomic E-state index is -3.13. The molecule has 0 unspecified atom stereocenters. The molecular formula is C14H19N3O2S2. The Bertz CT molecular complexity index is 724. The Kier molecular flexibility index (Phi) is 5.08. The highest BCUT2D eigenvalue weighted by molar-refractivity contribution is 7.99. The molecule has 114 valence electrons. The summed E-state index contributed by atoms with van der Waals surface area (Å²) in [4.78, 5) is 4.35. The summed E-state index contributed by atoms with van der Waals surface area (Å²) in [6, 6.07) is 6.17. The molecule has 21 heavy (non-hydrogen) atoms. The van der Waals surface area contributed by atoms with E-state index >= 15 is 0 Å². The average molecular weight is 325 g/mol. The van der Waals surface area contributed by atoms with Gasteiger partial charge in [-0.05, 0) is 31.0 Å². The molecule has 0 saturated heterocycles. The molecular weight excluding hydrogens is 306 g/mol. The number of nitrogens with one attached hydrogen (secondary N) is 1. The molecule has 0 amide bonds. The summed E-state index contributed by atoms with van der Waals surface area (Å²) in [5, 5.41) is 0.860. The molecule has 1 aromatic heterocycles. The summed E-state index contributed by atoms with van der Waals surface area (Å²) in [6.45, 7) is 4.56. The molecule has 5 nitrogen and oxygen atoms in total. The van der Waals surface area contributed by atoms with Crippen molar-refractivity contribution in [1.82, 2.24) is 14.3 Å². The van der Waals surface area contributed by atoms with Crippen LogP contribution in [0.15, 0.2) is 35.7 Å². The number of aromatic nitrogens is 2. The van der Waals surface area contributed by atoms with Crippen molar-refractivity contribution in [1.29, 1.82) is 0 Å². The number of imidazole rings is 1. The standard InChI is InChI=1S/C14H19N3O2S2/c1-11-5-4-6-13(12(11)2)17-9-7-15-14(17)20-10-8-16-21(3,18)19/h4-7,9,16H,8,10H2,1-3H3. The summed E-state index contributed by atoms with van der Waals surface area (Å²) in [5.74, 6) is 0.634. The summed E-state index contributed by atoms with van der Waals surface area (Å²) >= 11 is 1.53. The van der Waals surface area contributed by atoms with Crippen LogP contribution in [-0.4, -0.2) is 36.5 Å². The van der Waals surface area contributed by atoms with Crippen molar-refractivity contribution in [3.8, 4) is 5.69 Å². The Balaban J connectivity index is 2.10. The van der Waals surface area contributed by atoms with Crippen molar-refractivity contribution < 1.29 is 8.42 Å². The van der Waals surface area contributed by atoms with Gasteiger partial charge in [0, 0.05) is 24.7 Å². The molecule has 0 saturated carbocycles. The molecule has 0 aliphatic carbocycles. The second-order valence-electron chi connectivity index (χ2n) is 4.81. The molecule has 0 bridgehead atoms. The number of hydrogen-bond acceptors (Lipinski definition) is 4. The molecule has 1 heterocycles. The van der Waals surface area contributed by atoms with E-state index in [0.29, 0.717) is 12.3 Å². The third-order valence-corrected chi connectivity index (χ3v) is 4.84. The van der Waals surface area contributed by atoms with Crippen LogP contribution in [0.3, 0.4) is 0 Å². The molecule has 0 aliphatic rings. The topological polar surface area (TPSA) is 64.0 Å². The van der Waals surface area contributed by atoms with Crippen molar-refractivity contribution in [3.63, 3.8) is 0 Å². The molecule has 0 aliphatic heterocycles. The smallest absolute Gasteiger partial charge is 0.208 e. The maximum atomic E-state index is 11.0. The molecule has 0 atom stereocenters. The number of nitrogens with zero attached hydrogens (tertiary/aromatic N) is 2. The van der Waals surface area contributed by atoms with E-state index in [0.717, 1.165) is 17.1 Å². The third-order valence-electron chi connectivity index (χ3n) is 3.14. The average Bonchev–Trinajstić information content (AvgIpc) is 2.85. The molecule has 0 fully saturated rings. The zero-order valence-electron chi connectivity index (χ0n) is 12.3. The number of sulfonamides is 1. The summed E-state index contributed by atoms with van der Waals surface area (Å²) in [5.41, 5.74) is 3.55. The van der Waals surface area contributed by atoms with E-state index in [1.165, 1.54) is 22.9 Å². The van der Waals surface area contributed by atoms with Crippen molar-refractivity contribution in [3.05, 3.63) is 41.7 Å². The van der Waals surface area contributed by atoms with Crippen LogP contribution >= 0.6 is 11.8 Å². The van der Waals surface area contributed by atoms with E-state index in [-0.39, 0.29) is 0 Å². The van der Waals surface area contributed by atoms with Crippen molar-refractivity contribution in [2.45, 2.75) is 19.0 Å². The highest BCUT2D eigenvalue weighted by atomic mass is 32.2. The van der Waals surface area contributed by atoms with Gasteiger partial charge in [0.05, 0.1) is 11.9 Å². The maximum Gasteiger partial charge on any atom is 0.208 e. The van der Waals surface area contributed by atoms with Gasteiger partial charge in [-0.25, -0.2) is 18.1 Å². The second kappa shape index (κ2) is 6.64. The second-order valence-corrected chi connectivity index (χ2v) is 7.71. The van der Waals surface area contributed by atoms with E-state index in [9.17, 15) is 8.42 Å². The minimum absolute atomic E-state index is 0.392. The van der Waals surface area contributed by atoms with Crippen LogP contribution in [0.2, 0.25) is 0 Å². The molecule has 0 radical (unpaired) electrons.